The second-order valence-corrected chi connectivity index (χ2v) is 4.11. The molecule has 4 nitrogen and oxygen atoms in total. The van der Waals surface area contributed by atoms with Crippen LogP contribution in [0, 0.1) is 0 Å². The van der Waals surface area contributed by atoms with E-state index in [2.05, 4.69) is 5.32 Å². The summed E-state index contributed by atoms with van der Waals surface area (Å²) in [5, 5.41) is 3.10. The number of hydrogen-bond acceptors (Lipinski definition) is 3. The van der Waals surface area contributed by atoms with Crippen molar-refractivity contribution >= 4 is 23.2 Å². The van der Waals surface area contributed by atoms with Crippen molar-refractivity contribution < 1.29 is 9.53 Å². The molecule has 0 aliphatic heterocycles. The minimum absolute atomic E-state index is 0.0496. The number of nitrogen functional groups attached to an aromatic ring is 1. The SMILES string of the molecule is COc1cc(N)c(Cl)cc1C(=O)NC(C)C. The first-order valence-corrected chi connectivity index (χ1v) is 5.27. The quantitative estimate of drug-likeness (QED) is 0.798. The number of halogens is 1. The number of methoxy groups -OCH3 is 1. The van der Waals surface area contributed by atoms with Gasteiger partial charge in [0.2, 0.25) is 0 Å². The Morgan fingerprint density at radius 3 is 2.62 bits per heavy atom. The second-order valence-electron chi connectivity index (χ2n) is 3.70. The number of carbonyl (C=O) groups is 1. The molecular weight excluding hydrogens is 228 g/mol. The van der Waals surface area contributed by atoms with Gasteiger partial charge in [0.1, 0.15) is 5.75 Å². The Morgan fingerprint density at radius 2 is 2.12 bits per heavy atom. The fourth-order valence-electron chi connectivity index (χ4n) is 1.26. The van der Waals surface area contributed by atoms with E-state index < -0.39 is 0 Å². The molecule has 3 N–H and O–H groups in total. The lowest BCUT2D eigenvalue weighted by atomic mass is 10.1. The van der Waals surface area contributed by atoms with Crippen LogP contribution in [0.5, 0.6) is 5.75 Å². The van der Waals surface area contributed by atoms with E-state index >= 15 is 0 Å². The van der Waals surface area contributed by atoms with E-state index in [9.17, 15) is 4.79 Å². The van der Waals surface area contributed by atoms with Crippen LogP contribution in [0.1, 0.15) is 24.2 Å². The highest BCUT2D eigenvalue weighted by Gasteiger charge is 2.15. The Morgan fingerprint density at radius 1 is 1.50 bits per heavy atom. The lowest BCUT2D eigenvalue weighted by Crippen LogP contribution is -2.30. The number of ether oxygens (including phenoxy) is 1. The zero-order chi connectivity index (χ0) is 12.3. The number of hydrogen-bond donors (Lipinski definition) is 2. The Hall–Kier alpha value is -1.42. The van der Waals surface area contributed by atoms with Crippen molar-refractivity contribution in [2.45, 2.75) is 19.9 Å². The van der Waals surface area contributed by atoms with E-state index in [1.807, 2.05) is 13.8 Å². The Balaban J connectivity index is 3.11. The molecule has 1 rings (SSSR count). The average molecular weight is 243 g/mol. The van der Waals surface area contributed by atoms with Crippen molar-refractivity contribution in [3.05, 3.63) is 22.7 Å². The summed E-state index contributed by atoms with van der Waals surface area (Å²) in [6, 6.07) is 3.10. The Kier molecular flexibility index (Phi) is 4.01. The highest BCUT2D eigenvalue weighted by atomic mass is 35.5. The number of nitrogens with two attached hydrogens (primary N) is 1. The first kappa shape index (κ1) is 12.6. The van der Waals surface area contributed by atoms with Crippen LogP contribution in [0.25, 0.3) is 0 Å². The van der Waals surface area contributed by atoms with Gasteiger partial charge in [-0.15, -0.1) is 0 Å². The molecule has 5 heteroatoms. The molecule has 1 aromatic carbocycles. The third-order valence-corrected chi connectivity index (χ3v) is 2.31. The van der Waals surface area contributed by atoms with Crippen LogP contribution in [0.15, 0.2) is 12.1 Å². The smallest absolute Gasteiger partial charge is 0.255 e. The Labute approximate surface area is 99.7 Å². The van der Waals surface area contributed by atoms with Crippen molar-refractivity contribution in [1.29, 1.82) is 0 Å². The molecule has 16 heavy (non-hydrogen) atoms. The maximum Gasteiger partial charge on any atom is 0.255 e. The fraction of sp³-hybridized carbons (Fsp3) is 0.364. The van der Waals surface area contributed by atoms with Gasteiger partial charge in [-0.05, 0) is 19.9 Å². The molecule has 0 saturated carbocycles. The van der Waals surface area contributed by atoms with Gasteiger partial charge in [0, 0.05) is 12.1 Å². The largest absolute Gasteiger partial charge is 0.496 e. The van der Waals surface area contributed by atoms with Gasteiger partial charge in [-0.1, -0.05) is 11.6 Å². The molecule has 0 radical (unpaired) electrons. The van der Waals surface area contributed by atoms with Gasteiger partial charge in [0.25, 0.3) is 5.91 Å². The molecule has 0 spiro atoms. The normalized spacial score (nSPS) is 10.3. The zero-order valence-electron chi connectivity index (χ0n) is 9.50. The topological polar surface area (TPSA) is 64.3 Å². The predicted molar refractivity (Wildman–Crippen MR) is 65.0 cm³/mol. The fourth-order valence-corrected chi connectivity index (χ4v) is 1.42. The summed E-state index contributed by atoms with van der Waals surface area (Å²) in [4.78, 5) is 11.8. The summed E-state index contributed by atoms with van der Waals surface area (Å²) < 4.78 is 5.08. The molecular formula is C11H15ClN2O2. The van der Waals surface area contributed by atoms with Crippen LogP contribution >= 0.6 is 11.6 Å². The highest BCUT2D eigenvalue weighted by Crippen LogP contribution is 2.28. The first-order valence-electron chi connectivity index (χ1n) is 4.89. The lowest BCUT2D eigenvalue weighted by molar-refractivity contribution is 0.0940. The summed E-state index contributed by atoms with van der Waals surface area (Å²) in [5.41, 5.74) is 6.40. The molecule has 0 saturated heterocycles. The van der Waals surface area contributed by atoms with E-state index in [0.29, 0.717) is 22.0 Å². The molecule has 0 atom stereocenters. The standard InChI is InChI=1S/C11H15ClN2O2/c1-6(2)14-11(15)7-4-8(12)9(13)5-10(7)16-3/h4-6H,13H2,1-3H3,(H,14,15). The summed E-state index contributed by atoms with van der Waals surface area (Å²) >= 11 is 5.86. The lowest BCUT2D eigenvalue weighted by Gasteiger charge is -2.12. The van der Waals surface area contributed by atoms with Gasteiger partial charge in [0.05, 0.1) is 23.4 Å². The van der Waals surface area contributed by atoms with Crippen LogP contribution in [0.2, 0.25) is 5.02 Å². The van der Waals surface area contributed by atoms with Crippen LogP contribution in [0.4, 0.5) is 5.69 Å². The van der Waals surface area contributed by atoms with Crippen molar-refractivity contribution in [3.8, 4) is 5.75 Å². The molecule has 1 amide bonds. The van der Waals surface area contributed by atoms with Gasteiger partial charge >= 0.3 is 0 Å². The summed E-state index contributed by atoms with van der Waals surface area (Å²) in [7, 11) is 1.48. The zero-order valence-corrected chi connectivity index (χ0v) is 10.3. The van der Waals surface area contributed by atoms with Crippen molar-refractivity contribution in [3.63, 3.8) is 0 Å². The van der Waals surface area contributed by atoms with Gasteiger partial charge in [0.15, 0.2) is 0 Å². The predicted octanol–water partition coefficient (Wildman–Crippen LogP) is 2.07. The highest BCUT2D eigenvalue weighted by molar-refractivity contribution is 6.33. The van der Waals surface area contributed by atoms with Gasteiger partial charge in [-0.25, -0.2) is 0 Å². The molecule has 0 aliphatic rings. The average Bonchev–Trinajstić information content (AvgIpc) is 2.20. The molecule has 0 heterocycles. The first-order chi connectivity index (χ1) is 7.45. The number of carbonyl (C=O) groups excluding carboxylic acids is 1. The van der Waals surface area contributed by atoms with E-state index in [-0.39, 0.29) is 11.9 Å². The Bertz CT molecular complexity index is 405. The summed E-state index contributed by atoms with van der Waals surface area (Å²) in [5.74, 6) is 0.189. The van der Waals surface area contributed by atoms with Crippen LogP contribution in [-0.4, -0.2) is 19.1 Å². The molecule has 0 bridgehead atoms. The number of anilines is 1. The van der Waals surface area contributed by atoms with Crippen LogP contribution in [0.3, 0.4) is 0 Å². The monoisotopic (exact) mass is 242 g/mol. The summed E-state index contributed by atoms with van der Waals surface area (Å²) in [6.45, 7) is 3.76. The summed E-state index contributed by atoms with van der Waals surface area (Å²) in [6.07, 6.45) is 0. The molecule has 0 aromatic heterocycles. The third kappa shape index (κ3) is 2.79. The van der Waals surface area contributed by atoms with Crippen LogP contribution in [-0.2, 0) is 0 Å². The molecule has 0 fully saturated rings. The maximum absolute atomic E-state index is 11.8. The van der Waals surface area contributed by atoms with Crippen molar-refractivity contribution in [1.82, 2.24) is 5.32 Å². The number of amides is 1. The maximum atomic E-state index is 11.8. The molecule has 1 aromatic rings. The van der Waals surface area contributed by atoms with Gasteiger partial charge < -0.3 is 15.8 Å². The number of nitrogens with one attached hydrogen (secondary N) is 1. The van der Waals surface area contributed by atoms with Gasteiger partial charge in [-0.3, -0.25) is 4.79 Å². The second kappa shape index (κ2) is 5.07. The van der Waals surface area contributed by atoms with Crippen LogP contribution < -0.4 is 15.8 Å². The van der Waals surface area contributed by atoms with Crippen molar-refractivity contribution in [2.24, 2.45) is 0 Å². The molecule has 0 aliphatic carbocycles. The number of rotatable bonds is 3. The minimum atomic E-state index is -0.228. The molecule has 0 unspecified atom stereocenters. The third-order valence-electron chi connectivity index (χ3n) is 1.98. The van der Waals surface area contributed by atoms with E-state index in [1.165, 1.54) is 19.2 Å². The van der Waals surface area contributed by atoms with E-state index in [4.69, 9.17) is 22.1 Å². The minimum Gasteiger partial charge on any atom is -0.496 e. The molecule has 88 valence electrons. The van der Waals surface area contributed by atoms with E-state index in [0.717, 1.165) is 0 Å². The van der Waals surface area contributed by atoms with Crippen molar-refractivity contribution in [2.75, 3.05) is 12.8 Å². The number of benzene rings is 1. The van der Waals surface area contributed by atoms with E-state index in [1.54, 1.807) is 0 Å². The van der Waals surface area contributed by atoms with Gasteiger partial charge in [-0.2, -0.15) is 0 Å².